The Hall–Kier alpha value is -4.80. The minimum atomic E-state index is -0.271. The number of ether oxygens (including phenoxy) is 2. The van der Waals surface area contributed by atoms with E-state index in [0.717, 1.165) is 60.6 Å². The Balaban J connectivity index is 1.08. The van der Waals surface area contributed by atoms with Gasteiger partial charge >= 0.3 is 0 Å². The molecule has 10 nitrogen and oxygen atoms in total. The van der Waals surface area contributed by atoms with Gasteiger partial charge in [-0.1, -0.05) is 25.1 Å². The first-order valence-corrected chi connectivity index (χ1v) is 16.6. The van der Waals surface area contributed by atoms with Crippen molar-refractivity contribution >= 4 is 22.6 Å². The fourth-order valence-electron chi connectivity index (χ4n) is 6.88. The fourth-order valence-corrected chi connectivity index (χ4v) is 6.88. The molecule has 1 aliphatic carbocycles. The van der Waals surface area contributed by atoms with Crippen LogP contribution in [-0.4, -0.2) is 74.7 Å². The van der Waals surface area contributed by atoms with Crippen LogP contribution in [0.15, 0.2) is 67.1 Å². The van der Waals surface area contributed by atoms with E-state index < -0.39 is 0 Å². The first-order chi connectivity index (χ1) is 23.1. The van der Waals surface area contributed by atoms with E-state index in [4.69, 9.17) is 14.5 Å². The highest BCUT2D eigenvalue weighted by Gasteiger charge is 2.30. The first kappa shape index (κ1) is 29.6. The number of carbonyl (C=O) groups is 1. The van der Waals surface area contributed by atoms with Gasteiger partial charge < -0.3 is 29.4 Å². The summed E-state index contributed by atoms with van der Waals surface area (Å²) in [7, 11) is 0. The molecule has 240 valence electrons. The lowest BCUT2D eigenvalue weighted by Gasteiger charge is -2.31. The van der Waals surface area contributed by atoms with Crippen molar-refractivity contribution in [3.8, 4) is 34.1 Å². The molecule has 0 radical (unpaired) electrons. The van der Waals surface area contributed by atoms with Crippen LogP contribution in [0.25, 0.3) is 33.7 Å². The Morgan fingerprint density at radius 2 is 1.85 bits per heavy atom. The second-order valence-electron chi connectivity index (χ2n) is 12.6. The van der Waals surface area contributed by atoms with Crippen LogP contribution < -0.4 is 14.4 Å². The number of aromatic nitrogens is 4. The van der Waals surface area contributed by atoms with E-state index in [1.54, 1.807) is 11.1 Å². The molecule has 2 aromatic carbocycles. The number of amides is 1. The van der Waals surface area contributed by atoms with Gasteiger partial charge in [0.25, 0.3) is 5.91 Å². The van der Waals surface area contributed by atoms with Crippen LogP contribution in [0.2, 0.25) is 0 Å². The van der Waals surface area contributed by atoms with E-state index in [0.29, 0.717) is 53.0 Å². The van der Waals surface area contributed by atoms with Gasteiger partial charge in [0.05, 0.1) is 47.7 Å². The summed E-state index contributed by atoms with van der Waals surface area (Å²) in [5, 5.41) is 11.5. The molecule has 1 saturated heterocycles. The maximum atomic E-state index is 13.9. The summed E-state index contributed by atoms with van der Waals surface area (Å²) in [6.07, 6.45) is 7.90. The number of hydrogen-bond donors (Lipinski definition) is 2. The monoisotopic (exact) mass is 630 g/mol. The minimum absolute atomic E-state index is 0.145. The SMILES string of the molecule is CCN1CCC(Oc2ccc(-c3cc4c(-c5cccc(N6CCOc7cc(C8CC8)ccc7C6=O)c5CO)ncnc4[nH]3)nc2)CC1. The number of hydrogen-bond acceptors (Lipinski definition) is 8. The van der Waals surface area contributed by atoms with Crippen molar-refractivity contribution in [3.63, 3.8) is 0 Å². The molecule has 5 heterocycles. The number of likely N-dealkylation sites (tertiary alicyclic amines) is 1. The van der Waals surface area contributed by atoms with E-state index in [1.807, 2.05) is 54.6 Å². The van der Waals surface area contributed by atoms with Gasteiger partial charge in [0.2, 0.25) is 0 Å². The average Bonchev–Trinajstić information content (AvgIpc) is 3.90. The lowest BCUT2D eigenvalue weighted by molar-refractivity contribution is 0.0989. The molecular formula is C37H38N6O4. The van der Waals surface area contributed by atoms with Gasteiger partial charge in [-0.15, -0.1) is 0 Å². The van der Waals surface area contributed by atoms with E-state index >= 15 is 0 Å². The molecule has 47 heavy (non-hydrogen) atoms. The highest BCUT2D eigenvalue weighted by Crippen LogP contribution is 2.43. The van der Waals surface area contributed by atoms with Crippen LogP contribution >= 0.6 is 0 Å². The maximum Gasteiger partial charge on any atom is 0.262 e. The molecular weight excluding hydrogens is 592 g/mol. The Labute approximate surface area is 273 Å². The number of fused-ring (bicyclic) bond motifs is 2. The van der Waals surface area contributed by atoms with Gasteiger partial charge in [0, 0.05) is 29.6 Å². The summed E-state index contributed by atoms with van der Waals surface area (Å²) in [4.78, 5) is 35.3. The van der Waals surface area contributed by atoms with Crippen LogP contribution in [0.1, 0.15) is 60.0 Å². The standard InChI is InChI=1S/C37H38N6O4/c1-2-42-14-12-25(13-15-42)47-26-9-11-31(38-20-26)32-19-29-35(39-22-40-36(29)41-32)27-4-3-5-33(30(27)21-44)43-16-17-46-34-18-24(23-6-7-23)8-10-28(34)37(43)45/h3-5,8-11,18-20,22-23,25,44H,2,6-7,12-17,21H2,1H3,(H,39,40,41). The highest BCUT2D eigenvalue weighted by atomic mass is 16.5. The third-order valence-corrected chi connectivity index (χ3v) is 9.68. The molecule has 8 rings (SSSR count). The lowest BCUT2D eigenvalue weighted by atomic mass is 9.99. The molecule has 2 aliphatic heterocycles. The summed E-state index contributed by atoms with van der Waals surface area (Å²) in [5.41, 5.74) is 6.62. The molecule has 3 aromatic heterocycles. The summed E-state index contributed by atoms with van der Waals surface area (Å²) in [5.74, 6) is 1.82. The predicted octanol–water partition coefficient (Wildman–Crippen LogP) is 5.96. The number of anilines is 1. The van der Waals surface area contributed by atoms with Crippen molar-refractivity contribution < 1.29 is 19.4 Å². The molecule has 3 aliphatic rings. The van der Waals surface area contributed by atoms with E-state index in [1.165, 1.54) is 24.7 Å². The fraction of sp³-hybridized carbons (Fsp3) is 0.351. The number of aromatic amines is 1. The van der Waals surface area contributed by atoms with Gasteiger partial charge in [0.1, 0.15) is 36.2 Å². The van der Waals surface area contributed by atoms with E-state index in [9.17, 15) is 9.90 Å². The van der Waals surface area contributed by atoms with Gasteiger partial charge in [-0.25, -0.2) is 9.97 Å². The van der Waals surface area contributed by atoms with Gasteiger partial charge in [0.15, 0.2) is 0 Å². The van der Waals surface area contributed by atoms with Crippen LogP contribution in [0.5, 0.6) is 11.5 Å². The molecule has 0 unspecified atom stereocenters. The number of benzene rings is 2. The summed E-state index contributed by atoms with van der Waals surface area (Å²) in [6.45, 7) is 5.84. The molecule has 0 atom stereocenters. The molecule has 2 fully saturated rings. The van der Waals surface area contributed by atoms with Crippen LogP contribution in [0.4, 0.5) is 5.69 Å². The third-order valence-electron chi connectivity index (χ3n) is 9.68. The van der Waals surface area contributed by atoms with E-state index in [2.05, 4.69) is 26.8 Å². The number of piperidine rings is 1. The topological polar surface area (TPSA) is 117 Å². The quantitative estimate of drug-likeness (QED) is 0.216. The second-order valence-corrected chi connectivity index (χ2v) is 12.6. The van der Waals surface area contributed by atoms with Crippen molar-refractivity contribution in [2.45, 2.75) is 51.2 Å². The number of H-pyrrole nitrogens is 1. The smallest absolute Gasteiger partial charge is 0.262 e. The predicted molar refractivity (Wildman–Crippen MR) is 180 cm³/mol. The van der Waals surface area contributed by atoms with Gasteiger partial charge in [-0.3, -0.25) is 9.78 Å². The Morgan fingerprint density at radius 1 is 0.979 bits per heavy atom. The minimum Gasteiger partial charge on any atom is -0.491 e. The van der Waals surface area contributed by atoms with Crippen LogP contribution in [0, 0.1) is 0 Å². The molecule has 1 saturated carbocycles. The number of aliphatic hydroxyl groups excluding tert-OH is 1. The van der Waals surface area contributed by atoms with Crippen molar-refractivity contribution in [1.29, 1.82) is 0 Å². The Bertz CT molecular complexity index is 1930. The number of aliphatic hydroxyl groups is 1. The lowest BCUT2D eigenvalue weighted by Crippen LogP contribution is -2.37. The van der Waals surface area contributed by atoms with E-state index in [-0.39, 0.29) is 18.6 Å². The normalized spacial score (nSPS) is 17.4. The number of nitrogens with zero attached hydrogens (tertiary/aromatic N) is 5. The largest absolute Gasteiger partial charge is 0.491 e. The number of nitrogens with one attached hydrogen (secondary N) is 1. The summed E-state index contributed by atoms with van der Waals surface area (Å²) in [6, 6.07) is 17.5. The van der Waals surface area contributed by atoms with Gasteiger partial charge in [-0.2, -0.15) is 0 Å². The molecule has 0 bridgehead atoms. The van der Waals surface area contributed by atoms with Crippen molar-refractivity contribution in [1.82, 2.24) is 24.8 Å². The molecule has 5 aromatic rings. The number of carbonyl (C=O) groups excluding carboxylic acids is 1. The van der Waals surface area contributed by atoms with Crippen molar-refractivity contribution in [3.05, 3.63) is 83.8 Å². The maximum absolute atomic E-state index is 13.9. The summed E-state index contributed by atoms with van der Waals surface area (Å²) >= 11 is 0. The second kappa shape index (κ2) is 12.4. The molecule has 1 amide bonds. The van der Waals surface area contributed by atoms with Crippen LogP contribution in [-0.2, 0) is 6.61 Å². The first-order valence-electron chi connectivity index (χ1n) is 16.6. The molecule has 10 heteroatoms. The van der Waals surface area contributed by atoms with Gasteiger partial charge in [-0.05, 0) is 80.1 Å². The summed E-state index contributed by atoms with van der Waals surface area (Å²) < 4.78 is 12.3. The Kier molecular flexibility index (Phi) is 7.82. The molecule has 0 spiro atoms. The number of pyridine rings is 1. The number of rotatable bonds is 8. The molecule has 2 N–H and O–H groups in total. The zero-order valence-electron chi connectivity index (χ0n) is 26.5. The Morgan fingerprint density at radius 3 is 2.62 bits per heavy atom. The van der Waals surface area contributed by atoms with Crippen LogP contribution in [0.3, 0.4) is 0 Å². The van der Waals surface area contributed by atoms with Crippen molar-refractivity contribution in [2.24, 2.45) is 0 Å². The third kappa shape index (κ3) is 5.72. The average molecular weight is 631 g/mol. The highest BCUT2D eigenvalue weighted by molar-refractivity contribution is 6.09. The zero-order valence-corrected chi connectivity index (χ0v) is 26.5. The zero-order chi connectivity index (χ0) is 31.9. The van der Waals surface area contributed by atoms with Crippen molar-refractivity contribution in [2.75, 3.05) is 37.7 Å².